The van der Waals surface area contributed by atoms with E-state index in [1.165, 1.54) is 41.2 Å². The summed E-state index contributed by atoms with van der Waals surface area (Å²) >= 11 is 5.76. The Hall–Kier alpha value is -3.01. The molecule has 2 aromatic heterocycles. The highest BCUT2D eigenvalue weighted by Gasteiger charge is 2.40. The molecule has 0 saturated heterocycles. The standard InChI is InChI=1S/C16H13ClF3N5O2/c1-2-24-13(7-8-21-24)23-15(26)27-12-9-22-25(14(12)16(18,19)20)11-5-3-10(17)4-6-11/h3-9H,2H2,1H3,(H,23,26). The number of nitrogens with one attached hydrogen (secondary N) is 1. The first-order valence-electron chi connectivity index (χ1n) is 7.71. The van der Waals surface area contributed by atoms with Crippen molar-refractivity contribution < 1.29 is 22.7 Å². The fourth-order valence-electron chi connectivity index (χ4n) is 2.37. The van der Waals surface area contributed by atoms with Crippen molar-refractivity contribution in [1.29, 1.82) is 0 Å². The summed E-state index contributed by atoms with van der Waals surface area (Å²) in [5, 5.41) is 10.3. The molecule has 3 rings (SSSR count). The lowest BCUT2D eigenvalue weighted by Crippen LogP contribution is -2.21. The van der Waals surface area contributed by atoms with Crippen LogP contribution in [-0.2, 0) is 12.7 Å². The Balaban J connectivity index is 1.89. The maximum atomic E-state index is 13.5. The maximum Gasteiger partial charge on any atom is 0.437 e. The molecule has 2 heterocycles. The van der Waals surface area contributed by atoms with Crippen molar-refractivity contribution in [1.82, 2.24) is 19.6 Å². The third-order valence-corrected chi connectivity index (χ3v) is 3.78. The Morgan fingerprint density at radius 3 is 2.56 bits per heavy atom. The van der Waals surface area contributed by atoms with E-state index in [2.05, 4.69) is 15.5 Å². The molecule has 142 valence electrons. The zero-order valence-corrected chi connectivity index (χ0v) is 14.6. The number of carbonyl (C=O) groups is 1. The monoisotopic (exact) mass is 399 g/mol. The second-order valence-electron chi connectivity index (χ2n) is 5.29. The molecular weight excluding hydrogens is 387 g/mol. The molecule has 1 N–H and O–H groups in total. The number of nitrogens with zero attached hydrogens (tertiary/aromatic N) is 4. The van der Waals surface area contributed by atoms with Crippen LogP contribution in [0.3, 0.4) is 0 Å². The number of ether oxygens (including phenoxy) is 1. The molecular formula is C16H13ClF3N5O2. The summed E-state index contributed by atoms with van der Waals surface area (Å²) < 4.78 is 47.6. The number of carbonyl (C=O) groups excluding carboxylic acids is 1. The number of amides is 1. The van der Waals surface area contributed by atoms with Gasteiger partial charge in [0.25, 0.3) is 0 Å². The van der Waals surface area contributed by atoms with Crippen LogP contribution in [0.15, 0.2) is 42.7 Å². The molecule has 0 radical (unpaired) electrons. The first kappa shape index (κ1) is 18.8. The molecule has 1 amide bonds. The van der Waals surface area contributed by atoms with E-state index in [0.717, 1.165) is 6.20 Å². The molecule has 0 aliphatic rings. The summed E-state index contributed by atoms with van der Waals surface area (Å²) in [6, 6.07) is 7.09. The predicted molar refractivity (Wildman–Crippen MR) is 91.1 cm³/mol. The van der Waals surface area contributed by atoms with Crippen molar-refractivity contribution in [2.75, 3.05) is 5.32 Å². The van der Waals surface area contributed by atoms with E-state index in [-0.39, 0.29) is 5.69 Å². The van der Waals surface area contributed by atoms with Gasteiger partial charge in [-0.05, 0) is 31.2 Å². The van der Waals surface area contributed by atoms with Crippen LogP contribution < -0.4 is 10.1 Å². The zero-order chi connectivity index (χ0) is 19.6. The number of aromatic nitrogens is 4. The van der Waals surface area contributed by atoms with Crippen LogP contribution in [-0.4, -0.2) is 25.7 Å². The highest BCUT2D eigenvalue weighted by Crippen LogP contribution is 2.37. The third kappa shape index (κ3) is 4.05. The summed E-state index contributed by atoms with van der Waals surface area (Å²) in [4.78, 5) is 12.0. The summed E-state index contributed by atoms with van der Waals surface area (Å²) in [6.45, 7) is 2.26. The van der Waals surface area contributed by atoms with Crippen LogP contribution in [0.1, 0.15) is 12.6 Å². The average molecular weight is 400 g/mol. The number of aryl methyl sites for hydroxylation is 1. The van der Waals surface area contributed by atoms with Crippen LogP contribution in [0.4, 0.5) is 23.8 Å². The Morgan fingerprint density at radius 1 is 1.22 bits per heavy atom. The molecule has 11 heteroatoms. The number of hydrogen-bond donors (Lipinski definition) is 1. The Morgan fingerprint density at radius 2 is 1.93 bits per heavy atom. The van der Waals surface area contributed by atoms with E-state index < -0.39 is 23.7 Å². The van der Waals surface area contributed by atoms with E-state index in [1.807, 2.05) is 0 Å². The molecule has 0 unspecified atom stereocenters. The Labute approximate surface area is 156 Å². The molecule has 0 spiro atoms. The first-order valence-corrected chi connectivity index (χ1v) is 8.09. The van der Waals surface area contributed by atoms with Gasteiger partial charge >= 0.3 is 12.3 Å². The van der Waals surface area contributed by atoms with Gasteiger partial charge in [0.1, 0.15) is 5.82 Å². The van der Waals surface area contributed by atoms with E-state index in [9.17, 15) is 18.0 Å². The lowest BCUT2D eigenvalue weighted by molar-refractivity contribution is -0.143. The minimum absolute atomic E-state index is 0.117. The normalized spacial score (nSPS) is 11.4. The van der Waals surface area contributed by atoms with Gasteiger partial charge in [-0.25, -0.2) is 14.2 Å². The van der Waals surface area contributed by atoms with Crippen molar-refractivity contribution in [3.05, 3.63) is 53.4 Å². The fourth-order valence-corrected chi connectivity index (χ4v) is 2.49. The molecule has 27 heavy (non-hydrogen) atoms. The molecule has 0 atom stereocenters. The fraction of sp³-hybridized carbons (Fsp3) is 0.188. The largest absolute Gasteiger partial charge is 0.437 e. The van der Waals surface area contributed by atoms with Gasteiger partial charge in [-0.2, -0.15) is 23.4 Å². The molecule has 0 bridgehead atoms. The van der Waals surface area contributed by atoms with E-state index in [1.54, 1.807) is 6.92 Å². The molecule has 0 saturated carbocycles. The number of alkyl halides is 3. The lowest BCUT2D eigenvalue weighted by Gasteiger charge is -2.13. The smallest absolute Gasteiger partial charge is 0.406 e. The van der Waals surface area contributed by atoms with E-state index in [4.69, 9.17) is 16.3 Å². The first-order chi connectivity index (χ1) is 12.8. The average Bonchev–Trinajstić information content (AvgIpc) is 3.21. The summed E-state index contributed by atoms with van der Waals surface area (Å²) in [6.07, 6.45) is -3.63. The van der Waals surface area contributed by atoms with Crippen molar-refractivity contribution in [3.63, 3.8) is 0 Å². The molecule has 0 fully saturated rings. The molecule has 3 aromatic rings. The number of anilines is 1. The van der Waals surface area contributed by atoms with E-state index in [0.29, 0.717) is 22.1 Å². The quantitative estimate of drug-likeness (QED) is 0.707. The van der Waals surface area contributed by atoms with Gasteiger partial charge in [-0.15, -0.1) is 0 Å². The highest BCUT2D eigenvalue weighted by atomic mass is 35.5. The number of halogens is 4. The van der Waals surface area contributed by atoms with Crippen molar-refractivity contribution in [2.45, 2.75) is 19.6 Å². The van der Waals surface area contributed by atoms with Crippen LogP contribution in [0.2, 0.25) is 5.02 Å². The number of benzene rings is 1. The number of rotatable bonds is 4. The van der Waals surface area contributed by atoms with Gasteiger partial charge in [-0.3, -0.25) is 5.32 Å². The van der Waals surface area contributed by atoms with Gasteiger partial charge in [0.15, 0.2) is 11.4 Å². The highest BCUT2D eigenvalue weighted by molar-refractivity contribution is 6.30. The lowest BCUT2D eigenvalue weighted by atomic mass is 10.3. The van der Waals surface area contributed by atoms with Crippen LogP contribution in [0, 0.1) is 0 Å². The van der Waals surface area contributed by atoms with Crippen LogP contribution >= 0.6 is 11.6 Å². The van der Waals surface area contributed by atoms with Gasteiger partial charge in [0, 0.05) is 17.6 Å². The minimum Gasteiger partial charge on any atom is -0.406 e. The third-order valence-electron chi connectivity index (χ3n) is 3.52. The predicted octanol–water partition coefficient (Wildman–Crippen LogP) is 4.37. The second-order valence-corrected chi connectivity index (χ2v) is 5.73. The molecule has 0 aliphatic heterocycles. The van der Waals surface area contributed by atoms with Crippen LogP contribution in [0.25, 0.3) is 5.69 Å². The minimum atomic E-state index is -4.81. The summed E-state index contributed by atoms with van der Waals surface area (Å²) in [5.41, 5.74) is -1.10. The van der Waals surface area contributed by atoms with Gasteiger partial charge in [-0.1, -0.05) is 11.6 Å². The molecule has 1 aromatic carbocycles. The maximum absolute atomic E-state index is 13.5. The SMILES string of the molecule is CCn1nccc1NC(=O)Oc1cnn(-c2ccc(Cl)cc2)c1C(F)(F)F. The van der Waals surface area contributed by atoms with Gasteiger partial charge in [0.05, 0.1) is 18.1 Å². The van der Waals surface area contributed by atoms with Gasteiger partial charge < -0.3 is 4.74 Å². The van der Waals surface area contributed by atoms with Crippen molar-refractivity contribution in [3.8, 4) is 11.4 Å². The topological polar surface area (TPSA) is 74.0 Å². The van der Waals surface area contributed by atoms with Gasteiger partial charge in [0.2, 0.25) is 0 Å². The van der Waals surface area contributed by atoms with E-state index >= 15 is 0 Å². The molecule has 7 nitrogen and oxygen atoms in total. The van der Waals surface area contributed by atoms with Crippen molar-refractivity contribution >= 4 is 23.5 Å². The Kier molecular flexibility index (Phi) is 5.08. The zero-order valence-electron chi connectivity index (χ0n) is 13.9. The van der Waals surface area contributed by atoms with Crippen LogP contribution in [0.5, 0.6) is 5.75 Å². The number of hydrogen-bond acceptors (Lipinski definition) is 4. The second kappa shape index (κ2) is 7.31. The van der Waals surface area contributed by atoms with Crippen molar-refractivity contribution in [2.24, 2.45) is 0 Å². The molecule has 0 aliphatic carbocycles. The Bertz CT molecular complexity index is 950. The summed E-state index contributed by atoms with van der Waals surface area (Å²) in [5.74, 6) is -0.432. The summed E-state index contributed by atoms with van der Waals surface area (Å²) in [7, 11) is 0.